The van der Waals surface area contributed by atoms with Crippen LogP contribution in [0.3, 0.4) is 0 Å². The van der Waals surface area contributed by atoms with E-state index in [2.05, 4.69) is 26.6 Å². The topological polar surface area (TPSA) is 67.4 Å². The van der Waals surface area contributed by atoms with E-state index in [0.717, 1.165) is 10.0 Å². The second kappa shape index (κ2) is 8.49. The van der Waals surface area contributed by atoms with Crippen molar-refractivity contribution in [1.82, 2.24) is 5.32 Å². The molecule has 1 atom stereocenters. The number of hydrogen-bond acceptors (Lipinski definition) is 3. The van der Waals surface area contributed by atoms with Crippen LogP contribution in [0.5, 0.6) is 5.75 Å². The Morgan fingerprint density at radius 3 is 2.46 bits per heavy atom. The van der Waals surface area contributed by atoms with Crippen molar-refractivity contribution in [2.75, 3.05) is 11.9 Å². The smallest absolute Gasteiger partial charge is 0.258 e. The van der Waals surface area contributed by atoms with Crippen molar-refractivity contribution in [2.24, 2.45) is 0 Å². The summed E-state index contributed by atoms with van der Waals surface area (Å²) in [6.07, 6.45) is 0. The molecule has 0 saturated heterocycles. The van der Waals surface area contributed by atoms with Crippen molar-refractivity contribution in [2.45, 2.75) is 19.9 Å². The van der Waals surface area contributed by atoms with Gasteiger partial charge in [0.15, 0.2) is 6.61 Å². The van der Waals surface area contributed by atoms with Crippen LogP contribution in [0.1, 0.15) is 25.5 Å². The molecule has 6 heteroatoms. The number of amides is 2. The summed E-state index contributed by atoms with van der Waals surface area (Å²) in [5.41, 5.74) is 1.55. The predicted octanol–water partition coefficient (Wildman–Crippen LogP) is 3.66. The van der Waals surface area contributed by atoms with Crippen molar-refractivity contribution in [1.29, 1.82) is 0 Å². The monoisotopic (exact) mass is 390 g/mol. The number of halogens is 1. The van der Waals surface area contributed by atoms with Crippen LogP contribution in [0.25, 0.3) is 0 Å². The van der Waals surface area contributed by atoms with Gasteiger partial charge in [0, 0.05) is 11.4 Å². The summed E-state index contributed by atoms with van der Waals surface area (Å²) in [4.78, 5) is 23.2. The highest BCUT2D eigenvalue weighted by Crippen LogP contribution is 2.23. The molecular formula is C18H19BrN2O3. The lowest BCUT2D eigenvalue weighted by atomic mass is 10.1. The molecule has 2 rings (SSSR count). The van der Waals surface area contributed by atoms with Gasteiger partial charge in [-0.3, -0.25) is 9.59 Å². The molecule has 0 aliphatic rings. The van der Waals surface area contributed by atoms with Crippen molar-refractivity contribution < 1.29 is 14.3 Å². The molecule has 2 amide bonds. The first-order chi connectivity index (χ1) is 11.5. The Morgan fingerprint density at radius 2 is 1.79 bits per heavy atom. The number of para-hydroxylation sites is 2. The Kier molecular flexibility index (Phi) is 6.37. The van der Waals surface area contributed by atoms with Gasteiger partial charge < -0.3 is 15.4 Å². The van der Waals surface area contributed by atoms with Gasteiger partial charge in [0.2, 0.25) is 5.91 Å². The van der Waals surface area contributed by atoms with Gasteiger partial charge in [-0.2, -0.15) is 0 Å². The van der Waals surface area contributed by atoms with E-state index in [9.17, 15) is 9.59 Å². The van der Waals surface area contributed by atoms with Crippen molar-refractivity contribution in [3.8, 4) is 5.75 Å². The zero-order chi connectivity index (χ0) is 17.5. The fourth-order valence-electron chi connectivity index (χ4n) is 2.15. The van der Waals surface area contributed by atoms with E-state index < -0.39 is 0 Å². The molecule has 0 fully saturated rings. The van der Waals surface area contributed by atoms with Gasteiger partial charge in [-0.25, -0.2) is 0 Å². The van der Waals surface area contributed by atoms with E-state index >= 15 is 0 Å². The maximum absolute atomic E-state index is 12.1. The number of hydrogen-bond donors (Lipinski definition) is 2. The third-order valence-corrected chi connectivity index (χ3v) is 3.83. The van der Waals surface area contributed by atoms with Crippen LogP contribution in [0.2, 0.25) is 0 Å². The molecule has 0 saturated carbocycles. The Bertz CT molecular complexity index is 716. The Balaban J connectivity index is 1.91. The first-order valence-corrected chi connectivity index (χ1v) is 8.29. The molecule has 2 aromatic carbocycles. The third kappa shape index (κ3) is 5.38. The van der Waals surface area contributed by atoms with Crippen LogP contribution in [0.4, 0.5) is 5.69 Å². The van der Waals surface area contributed by atoms with Gasteiger partial charge in [0.05, 0.1) is 11.7 Å². The SMILES string of the molecule is CC(=O)Nc1ccccc1OCC(=O)N[C@@H](C)c1ccc(Br)cc1. The van der Waals surface area contributed by atoms with Crippen molar-refractivity contribution >= 4 is 33.4 Å². The maximum Gasteiger partial charge on any atom is 0.258 e. The maximum atomic E-state index is 12.1. The van der Waals surface area contributed by atoms with Crippen LogP contribution < -0.4 is 15.4 Å². The molecule has 2 aromatic rings. The number of rotatable bonds is 6. The number of carbonyl (C=O) groups excluding carboxylic acids is 2. The van der Waals surface area contributed by atoms with Crippen LogP contribution in [0.15, 0.2) is 53.0 Å². The quantitative estimate of drug-likeness (QED) is 0.790. The van der Waals surface area contributed by atoms with Crippen molar-refractivity contribution in [3.63, 3.8) is 0 Å². The molecule has 126 valence electrons. The largest absolute Gasteiger partial charge is 0.482 e. The second-order valence-electron chi connectivity index (χ2n) is 5.31. The molecule has 0 heterocycles. The average molecular weight is 391 g/mol. The summed E-state index contributed by atoms with van der Waals surface area (Å²) < 4.78 is 6.51. The zero-order valence-electron chi connectivity index (χ0n) is 13.5. The van der Waals surface area contributed by atoms with E-state index in [-0.39, 0.29) is 24.5 Å². The second-order valence-corrected chi connectivity index (χ2v) is 6.22. The molecule has 0 radical (unpaired) electrons. The molecule has 0 bridgehead atoms. The summed E-state index contributed by atoms with van der Waals surface area (Å²) in [7, 11) is 0. The predicted molar refractivity (Wildman–Crippen MR) is 96.9 cm³/mol. The molecule has 0 unspecified atom stereocenters. The van der Waals surface area contributed by atoms with E-state index in [1.807, 2.05) is 31.2 Å². The minimum absolute atomic E-state index is 0.125. The molecule has 0 aliphatic carbocycles. The van der Waals surface area contributed by atoms with E-state index in [1.165, 1.54) is 6.92 Å². The van der Waals surface area contributed by atoms with E-state index in [0.29, 0.717) is 11.4 Å². The number of benzene rings is 2. The molecule has 2 N–H and O–H groups in total. The zero-order valence-corrected chi connectivity index (χ0v) is 15.1. The highest BCUT2D eigenvalue weighted by Gasteiger charge is 2.11. The molecule has 0 aromatic heterocycles. The summed E-state index contributed by atoms with van der Waals surface area (Å²) in [6, 6.07) is 14.6. The lowest BCUT2D eigenvalue weighted by Crippen LogP contribution is -2.31. The molecule has 0 spiro atoms. The fourth-order valence-corrected chi connectivity index (χ4v) is 2.41. The van der Waals surface area contributed by atoms with Gasteiger partial charge in [0.1, 0.15) is 5.75 Å². The van der Waals surface area contributed by atoms with Gasteiger partial charge in [-0.1, -0.05) is 40.2 Å². The molecule has 5 nitrogen and oxygen atoms in total. The number of nitrogens with one attached hydrogen (secondary N) is 2. The summed E-state index contributed by atoms with van der Waals surface area (Å²) >= 11 is 3.38. The minimum atomic E-state index is -0.233. The van der Waals surface area contributed by atoms with Gasteiger partial charge >= 0.3 is 0 Å². The average Bonchev–Trinajstić information content (AvgIpc) is 2.54. The molecular weight excluding hydrogens is 372 g/mol. The summed E-state index contributed by atoms with van der Waals surface area (Å²) in [5.74, 6) is 0.0292. The first kappa shape index (κ1) is 18.0. The molecule has 24 heavy (non-hydrogen) atoms. The molecule has 0 aliphatic heterocycles. The Hall–Kier alpha value is -2.34. The Labute approximate surface area is 149 Å². The minimum Gasteiger partial charge on any atom is -0.482 e. The lowest BCUT2D eigenvalue weighted by Gasteiger charge is -2.16. The van der Waals surface area contributed by atoms with Crippen LogP contribution in [-0.2, 0) is 9.59 Å². The number of anilines is 1. The highest BCUT2D eigenvalue weighted by atomic mass is 79.9. The van der Waals surface area contributed by atoms with E-state index in [1.54, 1.807) is 24.3 Å². The Morgan fingerprint density at radius 1 is 1.12 bits per heavy atom. The van der Waals surface area contributed by atoms with Crippen LogP contribution in [-0.4, -0.2) is 18.4 Å². The van der Waals surface area contributed by atoms with Crippen molar-refractivity contribution in [3.05, 3.63) is 58.6 Å². The summed E-state index contributed by atoms with van der Waals surface area (Å²) in [5, 5.41) is 5.55. The summed E-state index contributed by atoms with van der Waals surface area (Å²) in [6.45, 7) is 3.20. The first-order valence-electron chi connectivity index (χ1n) is 7.50. The fraction of sp³-hybridized carbons (Fsp3) is 0.222. The number of carbonyl (C=O) groups is 2. The highest BCUT2D eigenvalue weighted by molar-refractivity contribution is 9.10. The number of ether oxygens (including phenoxy) is 1. The normalized spacial score (nSPS) is 11.5. The van der Waals surface area contributed by atoms with E-state index in [4.69, 9.17) is 4.74 Å². The third-order valence-electron chi connectivity index (χ3n) is 3.30. The van der Waals surface area contributed by atoms with Gasteiger partial charge in [0.25, 0.3) is 5.91 Å². The van der Waals surface area contributed by atoms with Crippen LogP contribution in [0, 0.1) is 0 Å². The van der Waals surface area contributed by atoms with Crippen LogP contribution >= 0.6 is 15.9 Å². The van der Waals surface area contributed by atoms with Gasteiger partial charge in [-0.05, 0) is 36.8 Å². The lowest BCUT2D eigenvalue weighted by molar-refractivity contribution is -0.123. The van der Waals surface area contributed by atoms with Gasteiger partial charge in [-0.15, -0.1) is 0 Å². The standard InChI is InChI=1S/C18H19BrN2O3/c1-12(14-7-9-15(19)10-8-14)20-18(23)11-24-17-6-4-3-5-16(17)21-13(2)22/h3-10,12H,11H2,1-2H3,(H,20,23)(H,21,22)/t12-/m0/s1.